The highest BCUT2D eigenvalue weighted by Gasteiger charge is 2.13. The minimum Gasteiger partial charge on any atom is -0.497 e. The molecule has 2 aromatic carbocycles. The highest BCUT2D eigenvalue weighted by molar-refractivity contribution is 5.71. The average Bonchev–Trinajstić information content (AvgIpc) is 2.96. The molecular formula is C19H19NO2. The summed E-state index contributed by atoms with van der Waals surface area (Å²) in [4.78, 5) is 0. The predicted molar refractivity (Wildman–Crippen MR) is 88.1 cm³/mol. The second-order valence-electron chi connectivity index (χ2n) is 5.58. The molecule has 0 fully saturated rings. The molecule has 0 saturated heterocycles. The molecule has 22 heavy (non-hydrogen) atoms. The van der Waals surface area contributed by atoms with E-state index in [4.69, 9.17) is 9.26 Å². The highest BCUT2D eigenvalue weighted by Crippen LogP contribution is 2.31. The summed E-state index contributed by atoms with van der Waals surface area (Å²) in [5.74, 6) is 1.64. The Hall–Kier alpha value is -2.55. The van der Waals surface area contributed by atoms with Crippen molar-refractivity contribution in [2.24, 2.45) is 0 Å². The molecule has 0 aliphatic heterocycles. The Labute approximate surface area is 130 Å². The van der Waals surface area contributed by atoms with Crippen LogP contribution in [-0.4, -0.2) is 12.3 Å². The third-order valence-electron chi connectivity index (χ3n) is 3.82. The molecule has 0 unspecified atom stereocenters. The fraction of sp³-hybridized carbons (Fsp3) is 0.211. The Balaban J connectivity index is 2.00. The van der Waals surface area contributed by atoms with E-state index in [1.54, 1.807) is 7.11 Å². The van der Waals surface area contributed by atoms with Gasteiger partial charge >= 0.3 is 0 Å². The van der Waals surface area contributed by atoms with E-state index in [1.807, 2.05) is 30.3 Å². The molecule has 3 aromatic rings. The van der Waals surface area contributed by atoms with E-state index in [-0.39, 0.29) is 0 Å². The van der Waals surface area contributed by atoms with Crippen LogP contribution in [0.15, 0.2) is 47.0 Å². The number of hydrogen-bond donors (Lipinski definition) is 0. The van der Waals surface area contributed by atoms with Crippen LogP contribution < -0.4 is 4.74 Å². The summed E-state index contributed by atoms with van der Waals surface area (Å²) in [7, 11) is 1.66. The monoisotopic (exact) mass is 293 g/mol. The van der Waals surface area contributed by atoms with Crippen molar-refractivity contribution in [3.8, 4) is 28.3 Å². The molecule has 0 bridgehead atoms. The summed E-state index contributed by atoms with van der Waals surface area (Å²) in [5.41, 5.74) is 6.63. The zero-order valence-corrected chi connectivity index (χ0v) is 13.3. The van der Waals surface area contributed by atoms with Gasteiger partial charge in [-0.25, -0.2) is 0 Å². The third-order valence-corrected chi connectivity index (χ3v) is 3.82. The Morgan fingerprint density at radius 3 is 2.14 bits per heavy atom. The van der Waals surface area contributed by atoms with Crippen molar-refractivity contribution in [2.75, 3.05) is 7.11 Å². The van der Waals surface area contributed by atoms with Crippen molar-refractivity contribution in [3.05, 3.63) is 59.2 Å². The summed E-state index contributed by atoms with van der Waals surface area (Å²) in [5, 5.41) is 4.21. The Bertz CT molecular complexity index is 778. The molecule has 0 saturated carbocycles. The van der Waals surface area contributed by atoms with Crippen LogP contribution in [-0.2, 0) is 0 Å². The summed E-state index contributed by atoms with van der Waals surface area (Å²) in [6.45, 7) is 6.31. The average molecular weight is 293 g/mol. The zero-order valence-electron chi connectivity index (χ0n) is 13.3. The lowest BCUT2D eigenvalue weighted by atomic mass is 9.97. The van der Waals surface area contributed by atoms with E-state index >= 15 is 0 Å². The largest absolute Gasteiger partial charge is 0.497 e. The van der Waals surface area contributed by atoms with Crippen LogP contribution in [0.1, 0.15) is 16.7 Å². The number of nitrogens with zero attached hydrogens (tertiary/aromatic N) is 1. The number of hydrogen-bond acceptors (Lipinski definition) is 3. The summed E-state index contributed by atoms with van der Waals surface area (Å²) in [6, 6.07) is 14.1. The number of methoxy groups -OCH3 is 1. The van der Waals surface area contributed by atoms with Crippen molar-refractivity contribution < 1.29 is 9.26 Å². The van der Waals surface area contributed by atoms with Gasteiger partial charge in [-0.15, -0.1) is 0 Å². The van der Waals surface area contributed by atoms with Gasteiger partial charge in [-0.2, -0.15) is 0 Å². The van der Waals surface area contributed by atoms with Crippen LogP contribution in [0.2, 0.25) is 0 Å². The lowest BCUT2D eigenvalue weighted by molar-refractivity contribution is 0.415. The van der Waals surface area contributed by atoms with Crippen LogP contribution in [0.3, 0.4) is 0 Å². The van der Waals surface area contributed by atoms with E-state index in [2.05, 4.69) is 38.1 Å². The van der Waals surface area contributed by atoms with E-state index < -0.39 is 0 Å². The first kappa shape index (κ1) is 14.4. The van der Waals surface area contributed by atoms with Gasteiger partial charge in [0.2, 0.25) is 0 Å². The van der Waals surface area contributed by atoms with Crippen molar-refractivity contribution in [2.45, 2.75) is 20.8 Å². The van der Waals surface area contributed by atoms with E-state index in [9.17, 15) is 0 Å². The Kier molecular flexibility index (Phi) is 3.72. The van der Waals surface area contributed by atoms with Crippen LogP contribution in [0.25, 0.3) is 22.6 Å². The van der Waals surface area contributed by atoms with Crippen molar-refractivity contribution in [3.63, 3.8) is 0 Å². The minimum absolute atomic E-state index is 0.806. The fourth-order valence-electron chi connectivity index (χ4n) is 2.86. The van der Waals surface area contributed by atoms with Gasteiger partial charge in [-0.3, -0.25) is 0 Å². The second kappa shape index (κ2) is 5.68. The lowest BCUT2D eigenvalue weighted by Crippen LogP contribution is -1.88. The molecule has 112 valence electrons. The third kappa shape index (κ3) is 2.62. The van der Waals surface area contributed by atoms with E-state index in [1.165, 1.54) is 16.7 Å². The van der Waals surface area contributed by atoms with Gasteiger partial charge < -0.3 is 9.26 Å². The molecule has 1 aromatic heterocycles. The number of aryl methyl sites for hydroxylation is 3. The van der Waals surface area contributed by atoms with Crippen molar-refractivity contribution >= 4 is 0 Å². The standard InChI is InChI=1S/C19H19NO2/c1-12-9-13(2)19(14(3)10-12)18-11-17(20-22-18)15-5-7-16(21-4)8-6-15/h5-11H,1-4H3. The van der Waals surface area contributed by atoms with Gasteiger partial charge in [0.1, 0.15) is 11.4 Å². The quantitative estimate of drug-likeness (QED) is 0.686. The van der Waals surface area contributed by atoms with Crippen molar-refractivity contribution in [1.29, 1.82) is 0 Å². The first-order valence-corrected chi connectivity index (χ1v) is 7.28. The maximum Gasteiger partial charge on any atom is 0.168 e. The van der Waals surface area contributed by atoms with Crippen LogP contribution in [0.5, 0.6) is 5.75 Å². The van der Waals surface area contributed by atoms with Gasteiger partial charge in [0.25, 0.3) is 0 Å². The minimum atomic E-state index is 0.806. The molecule has 0 aliphatic carbocycles. The van der Waals surface area contributed by atoms with Crippen LogP contribution in [0.4, 0.5) is 0 Å². The normalized spacial score (nSPS) is 10.7. The summed E-state index contributed by atoms with van der Waals surface area (Å²) < 4.78 is 10.8. The van der Waals surface area contributed by atoms with Crippen molar-refractivity contribution in [1.82, 2.24) is 5.16 Å². The molecule has 0 spiro atoms. The number of benzene rings is 2. The fourth-order valence-corrected chi connectivity index (χ4v) is 2.86. The Morgan fingerprint density at radius 2 is 1.55 bits per heavy atom. The maximum atomic E-state index is 5.58. The van der Waals surface area contributed by atoms with Gasteiger partial charge in [0.05, 0.1) is 7.11 Å². The van der Waals surface area contributed by atoms with Crippen LogP contribution >= 0.6 is 0 Å². The highest BCUT2D eigenvalue weighted by atomic mass is 16.5. The molecular weight excluding hydrogens is 274 g/mol. The molecule has 0 amide bonds. The maximum absolute atomic E-state index is 5.58. The summed E-state index contributed by atoms with van der Waals surface area (Å²) in [6.07, 6.45) is 0. The molecule has 1 heterocycles. The number of aromatic nitrogens is 1. The van der Waals surface area contributed by atoms with Crippen LogP contribution in [0, 0.1) is 20.8 Å². The predicted octanol–water partition coefficient (Wildman–Crippen LogP) is 4.94. The molecule has 0 N–H and O–H groups in total. The zero-order chi connectivity index (χ0) is 15.7. The smallest absolute Gasteiger partial charge is 0.168 e. The topological polar surface area (TPSA) is 35.3 Å². The van der Waals surface area contributed by atoms with Gasteiger partial charge in [0.15, 0.2) is 5.76 Å². The van der Waals surface area contributed by atoms with Gasteiger partial charge in [-0.05, 0) is 56.2 Å². The molecule has 3 rings (SSSR count). The molecule has 0 radical (unpaired) electrons. The second-order valence-corrected chi connectivity index (χ2v) is 5.58. The molecule has 3 heteroatoms. The summed E-state index contributed by atoms with van der Waals surface area (Å²) >= 11 is 0. The molecule has 3 nitrogen and oxygen atoms in total. The van der Waals surface area contributed by atoms with Gasteiger partial charge in [-0.1, -0.05) is 22.9 Å². The van der Waals surface area contributed by atoms with Gasteiger partial charge in [0, 0.05) is 17.2 Å². The number of rotatable bonds is 3. The SMILES string of the molecule is COc1ccc(-c2cc(-c3c(C)cc(C)cc3C)on2)cc1. The molecule has 0 aliphatic rings. The number of ether oxygens (including phenoxy) is 1. The molecule has 0 atom stereocenters. The van der Waals surface area contributed by atoms with E-state index in [0.29, 0.717) is 0 Å². The first-order chi connectivity index (χ1) is 10.6. The first-order valence-electron chi connectivity index (χ1n) is 7.28. The lowest BCUT2D eigenvalue weighted by Gasteiger charge is -2.07. The van der Waals surface area contributed by atoms with E-state index in [0.717, 1.165) is 28.3 Å². The Morgan fingerprint density at radius 1 is 0.909 bits per heavy atom.